The largest absolute Gasteiger partial charge is 0.339 e. The van der Waals surface area contributed by atoms with Crippen LogP contribution in [-0.2, 0) is 14.8 Å². The molecule has 1 amide bonds. The fourth-order valence-corrected chi connectivity index (χ4v) is 5.89. The molecular weight excluding hydrogens is 398 g/mol. The summed E-state index contributed by atoms with van der Waals surface area (Å²) in [6.45, 7) is 1.75. The average Bonchev–Trinajstić information content (AvgIpc) is 2.67. The van der Waals surface area contributed by atoms with Crippen molar-refractivity contribution in [3.63, 3.8) is 0 Å². The van der Waals surface area contributed by atoms with Crippen molar-refractivity contribution < 1.29 is 13.2 Å². The SMILES string of the molecule is O=C(CNC1CCCCCCC1)N1CCN(S(=O)(=O)c2ccccc2Cl)CC1. The third kappa shape index (κ3) is 5.47. The first-order valence-corrected chi connectivity index (χ1v) is 12.1. The van der Waals surface area contributed by atoms with E-state index in [2.05, 4.69) is 5.32 Å². The lowest BCUT2D eigenvalue weighted by Gasteiger charge is -2.34. The summed E-state index contributed by atoms with van der Waals surface area (Å²) >= 11 is 6.07. The lowest BCUT2D eigenvalue weighted by atomic mass is 9.97. The summed E-state index contributed by atoms with van der Waals surface area (Å²) in [4.78, 5) is 14.4. The molecule has 0 aromatic heterocycles. The summed E-state index contributed by atoms with van der Waals surface area (Å²) in [5.74, 6) is 0.0526. The Bertz CT molecular complexity index is 756. The summed E-state index contributed by atoms with van der Waals surface area (Å²) in [7, 11) is -3.63. The summed E-state index contributed by atoms with van der Waals surface area (Å²) in [6, 6.07) is 6.90. The minimum Gasteiger partial charge on any atom is -0.339 e. The number of carbonyl (C=O) groups is 1. The van der Waals surface area contributed by atoms with Gasteiger partial charge in [0.1, 0.15) is 4.90 Å². The fraction of sp³-hybridized carbons (Fsp3) is 0.650. The molecule has 0 atom stereocenters. The van der Waals surface area contributed by atoms with Gasteiger partial charge in [0.2, 0.25) is 15.9 Å². The van der Waals surface area contributed by atoms with Crippen molar-refractivity contribution >= 4 is 27.5 Å². The van der Waals surface area contributed by atoms with Crippen molar-refractivity contribution in [3.8, 4) is 0 Å². The number of piperazine rings is 1. The van der Waals surface area contributed by atoms with Crippen molar-refractivity contribution in [2.75, 3.05) is 32.7 Å². The number of hydrogen-bond donors (Lipinski definition) is 1. The lowest BCUT2D eigenvalue weighted by Crippen LogP contribution is -2.52. The van der Waals surface area contributed by atoms with Crippen LogP contribution in [0.25, 0.3) is 0 Å². The Balaban J connectivity index is 1.49. The smallest absolute Gasteiger partial charge is 0.244 e. The van der Waals surface area contributed by atoms with E-state index in [1.54, 1.807) is 23.1 Å². The zero-order valence-electron chi connectivity index (χ0n) is 16.3. The highest BCUT2D eigenvalue weighted by Gasteiger charge is 2.31. The first-order valence-electron chi connectivity index (χ1n) is 10.2. The minimum absolute atomic E-state index is 0.0526. The molecule has 1 saturated carbocycles. The van der Waals surface area contributed by atoms with Gasteiger partial charge in [-0.1, -0.05) is 55.8 Å². The minimum atomic E-state index is -3.63. The molecule has 1 aromatic rings. The molecule has 6 nitrogen and oxygen atoms in total. The van der Waals surface area contributed by atoms with Gasteiger partial charge in [0, 0.05) is 32.2 Å². The number of sulfonamides is 1. The molecule has 156 valence electrons. The normalized spacial score (nSPS) is 20.5. The van der Waals surface area contributed by atoms with Crippen molar-refractivity contribution in [3.05, 3.63) is 29.3 Å². The van der Waals surface area contributed by atoms with Gasteiger partial charge < -0.3 is 10.2 Å². The van der Waals surface area contributed by atoms with Crippen LogP contribution in [0.5, 0.6) is 0 Å². The molecule has 2 fully saturated rings. The number of benzene rings is 1. The highest BCUT2D eigenvalue weighted by molar-refractivity contribution is 7.89. The Hall–Kier alpha value is -1.15. The summed E-state index contributed by atoms with van der Waals surface area (Å²) < 4.78 is 27.0. The monoisotopic (exact) mass is 427 g/mol. The van der Waals surface area contributed by atoms with Gasteiger partial charge in [0.15, 0.2) is 0 Å². The number of nitrogens with zero attached hydrogens (tertiary/aromatic N) is 2. The van der Waals surface area contributed by atoms with Crippen LogP contribution in [0.15, 0.2) is 29.2 Å². The number of halogens is 1. The molecule has 0 spiro atoms. The molecule has 28 heavy (non-hydrogen) atoms. The van der Waals surface area contributed by atoms with Crippen molar-refractivity contribution in [2.45, 2.75) is 55.9 Å². The topological polar surface area (TPSA) is 69.7 Å². The van der Waals surface area contributed by atoms with E-state index < -0.39 is 10.0 Å². The number of carbonyl (C=O) groups excluding carboxylic acids is 1. The standard InChI is InChI=1S/C20H30ClN3O3S/c21-18-10-6-7-11-19(18)28(26,27)24-14-12-23(13-15-24)20(25)16-22-17-8-4-2-1-3-5-9-17/h6-7,10-11,17,22H,1-5,8-9,12-16H2. The van der Waals surface area contributed by atoms with Crippen LogP contribution in [-0.4, -0.2) is 62.3 Å². The zero-order valence-corrected chi connectivity index (χ0v) is 17.8. The summed E-state index contributed by atoms with van der Waals surface area (Å²) in [5, 5.41) is 3.65. The highest BCUT2D eigenvalue weighted by Crippen LogP contribution is 2.25. The van der Waals surface area contributed by atoms with Gasteiger partial charge in [-0.25, -0.2) is 8.42 Å². The van der Waals surface area contributed by atoms with Crippen LogP contribution in [0, 0.1) is 0 Å². The summed E-state index contributed by atoms with van der Waals surface area (Å²) in [6.07, 6.45) is 8.62. The second kappa shape index (κ2) is 10.1. The van der Waals surface area contributed by atoms with Gasteiger partial charge in [-0.15, -0.1) is 0 Å². The van der Waals surface area contributed by atoms with Crippen LogP contribution < -0.4 is 5.32 Å². The molecule has 3 rings (SSSR count). The maximum Gasteiger partial charge on any atom is 0.244 e. The second-order valence-electron chi connectivity index (χ2n) is 7.64. The first-order chi connectivity index (χ1) is 13.5. The molecule has 1 aromatic carbocycles. The number of nitrogens with one attached hydrogen (secondary N) is 1. The summed E-state index contributed by atoms with van der Waals surface area (Å²) in [5.41, 5.74) is 0. The van der Waals surface area contributed by atoms with Crippen LogP contribution >= 0.6 is 11.6 Å². The van der Waals surface area contributed by atoms with Crippen LogP contribution in [0.3, 0.4) is 0 Å². The van der Waals surface area contributed by atoms with E-state index in [0.717, 1.165) is 12.8 Å². The third-order valence-corrected chi connectivity index (χ3v) is 8.09. The third-order valence-electron chi connectivity index (χ3n) is 5.69. The second-order valence-corrected chi connectivity index (χ2v) is 9.95. The highest BCUT2D eigenvalue weighted by atomic mass is 35.5. The number of hydrogen-bond acceptors (Lipinski definition) is 4. The zero-order chi connectivity index (χ0) is 20.0. The Labute approximate surface area is 173 Å². The van der Waals surface area contributed by atoms with Gasteiger partial charge in [-0.2, -0.15) is 4.31 Å². The van der Waals surface area contributed by atoms with Gasteiger partial charge >= 0.3 is 0 Å². The lowest BCUT2D eigenvalue weighted by molar-refractivity contribution is -0.131. The predicted molar refractivity (Wildman–Crippen MR) is 111 cm³/mol. The Morgan fingerprint density at radius 3 is 2.25 bits per heavy atom. The molecule has 1 aliphatic heterocycles. The Morgan fingerprint density at radius 2 is 1.61 bits per heavy atom. The van der Waals surface area contributed by atoms with E-state index in [9.17, 15) is 13.2 Å². The molecule has 2 aliphatic rings. The van der Waals surface area contributed by atoms with Gasteiger partial charge in [-0.05, 0) is 25.0 Å². The van der Waals surface area contributed by atoms with E-state index in [1.165, 1.54) is 42.5 Å². The van der Waals surface area contributed by atoms with E-state index >= 15 is 0 Å². The van der Waals surface area contributed by atoms with Gasteiger partial charge in [0.25, 0.3) is 0 Å². The number of amides is 1. The molecule has 0 radical (unpaired) electrons. The molecule has 0 bridgehead atoms. The van der Waals surface area contributed by atoms with Crippen LogP contribution in [0.1, 0.15) is 44.9 Å². The van der Waals surface area contributed by atoms with E-state index in [-0.39, 0.29) is 15.8 Å². The van der Waals surface area contributed by atoms with E-state index in [1.807, 2.05) is 0 Å². The van der Waals surface area contributed by atoms with Crippen molar-refractivity contribution in [1.29, 1.82) is 0 Å². The van der Waals surface area contributed by atoms with Crippen LogP contribution in [0.4, 0.5) is 0 Å². The number of rotatable bonds is 5. The van der Waals surface area contributed by atoms with Crippen molar-refractivity contribution in [1.82, 2.24) is 14.5 Å². The predicted octanol–water partition coefficient (Wildman–Crippen LogP) is 2.88. The molecule has 1 N–H and O–H groups in total. The maximum atomic E-state index is 12.8. The molecule has 1 saturated heterocycles. The Kier molecular flexibility index (Phi) is 7.74. The quantitative estimate of drug-likeness (QED) is 0.784. The van der Waals surface area contributed by atoms with Crippen molar-refractivity contribution in [2.24, 2.45) is 0 Å². The average molecular weight is 428 g/mol. The van der Waals surface area contributed by atoms with Gasteiger partial charge in [0.05, 0.1) is 11.6 Å². The Morgan fingerprint density at radius 1 is 1.00 bits per heavy atom. The van der Waals surface area contributed by atoms with Gasteiger partial charge in [-0.3, -0.25) is 4.79 Å². The van der Waals surface area contributed by atoms with E-state index in [4.69, 9.17) is 11.6 Å². The molecule has 1 aliphatic carbocycles. The maximum absolute atomic E-state index is 12.8. The molecule has 8 heteroatoms. The molecule has 0 unspecified atom stereocenters. The first kappa shape index (κ1) is 21.6. The van der Waals surface area contributed by atoms with E-state index in [0.29, 0.717) is 38.8 Å². The fourth-order valence-electron chi connectivity index (χ4n) is 3.97. The molecular formula is C20H30ClN3O3S. The van der Waals surface area contributed by atoms with Crippen LogP contribution in [0.2, 0.25) is 5.02 Å². The molecule has 1 heterocycles.